The molecular weight excluding hydrogens is 507 g/mol. The second kappa shape index (κ2) is 13.3. The molecule has 1 radical (unpaired) electrons. The molecule has 5 nitrogen and oxygen atoms in total. The van der Waals surface area contributed by atoms with Gasteiger partial charge in [0.15, 0.2) is 0 Å². The van der Waals surface area contributed by atoms with Crippen LogP contribution in [-0.4, -0.2) is 50.0 Å². The van der Waals surface area contributed by atoms with E-state index in [-0.39, 0.29) is 49.8 Å². The molecule has 0 saturated carbocycles. The monoisotopic (exact) mass is 524 g/mol. The van der Waals surface area contributed by atoms with Crippen molar-refractivity contribution in [1.29, 1.82) is 0 Å². The Morgan fingerprint density at radius 3 is 2.67 bits per heavy atom. The average Bonchev–Trinajstić information content (AvgIpc) is 2.24. The van der Waals surface area contributed by atoms with Crippen LogP contribution in [0.15, 0.2) is 0 Å². The van der Waals surface area contributed by atoms with E-state index in [1.165, 1.54) is 11.8 Å². The topological polar surface area (TPSA) is 90.2 Å². The molecule has 0 aromatic rings. The maximum absolute atomic E-state index is 10.8. The van der Waals surface area contributed by atoms with Gasteiger partial charge in [-0.25, -0.2) is 0 Å². The van der Waals surface area contributed by atoms with Crippen molar-refractivity contribution in [2.45, 2.75) is 18.9 Å². The van der Waals surface area contributed by atoms with Gasteiger partial charge in [-0.3, -0.25) is 9.00 Å². The Kier molecular flexibility index (Phi) is 15.9. The van der Waals surface area contributed by atoms with Crippen molar-refractivity contribution < 1.29 is 58.2 Å². The number of thiocarbonyl (C=S) groups is 1. The third kappa shape index (κ3) is 13.7. The molecule has 0 aromatic heterocycles. The van der Waals surface area contributed by atoms with Crippen LogP contribution in [0.1, 0.15) is 12.8 Å². The van der Waals surface area contributed by atoms with Crippen molar-refractivity contribution in [2.24, 2.45) is 0 Å². The molecule has 18 heavy (non-hydrogen) atoms. The number of carbonyl (C=O) groups is 1. The van der Waals surface area contributed by atoms with Gasteiger partial charge >= 0.3 is 0 Å². The molecule has 0 spiro atoms. The molecule has 0 aliphatic carbocycles. The van der Waals surface area contributed by atoms with Crippen LogP contribution in [0.25, 0.3) is 5.73 Å². The molecule has 0 fully saturated rings. The first kappa shape index (κ1) is 21.6. The summed E-state index contributed by atoms with van der Waals surface area (Å²) in [6.07, 6.45) is 3.43. The van der Waals surface area contributed by atoms with Gasteiger partial charge in [0.2, 0.25) is 0 Å². The second-order valence-corrected chi connectivity index (χ2v) is 6.65. The van der Waals surface area contributed by atoms with Gasteiger partial charge in [0.05, 0.1) is 0 Å². The van der Waals surface area contributed by atoms with Crippen LogP contribution >= 0.6 is 24.0 Å². The molecule has 9 heteroatoms. The summed E-state index contributed by atoms with van der Waals surface area (Å²) in [5.74, 6) is -0.291. The molecule has 3 N–H and O–H groups in total. The molecule has 2 atom stereocenters. The Labute approximate surface area is 155 Å². The van der Waals surface area contributed by atoms with E-state index >= 15 is 0 Å². The van der Waals surface area contributed by atoms with Crippen molar-refractivity contribution in [3.63, 3.8) is 0 Å². The van der Waals surface area contributed by atoms with Crippen molar-refractivity contribution in [2.75, 3.05) is 24.3 Å². The normalized spacial score (nSPS) is 13.2. The number of hydrogen-bond acceptors (Lipinski definition) is 4. The molecule has 0 aliphatic heterocycles. The number of carboxylic acids is 1. The number of thioether (sulfide) groups is 1. The summed E-state index contributed by atoms with van der Waals surface area (Å²) < 4.78 is 11.3. The van der Waals surface area contributed by atoms with Crippen LogP contribution in [0.4, 0.5) is 0 Å². The quantitative estimate of drug-likeness (QED) is 0.367. The van der Waals surface area contributed by atoms with Crippen LogP contribution in [0.3, 0.4) is 0 Å². The minimum Gasteiger partial charge on any atom is -0.665 e. The third-order valence-corrected chi connectivity index (χ3v) is 4.08. The van der Waals surface area contributed by atoms with Gasteiger partial charge in [-0.05, 0) is 24.6 Å². The predicted molar refractivity (Wildman–Crippen MR) is 77.0 cm³/mol. The fraction of sp³-hybridized carbons (Fsp3) is 0.778. The Morgan fingerprint density at radius 1 is 1.56 bits per heavy atom. The summed E-state index contributed by atoms with van der Waals surface area (Å²) in [6, 6.07) is -1.14. The van der Waals surface area contributed by atoms with E-state index in [9.17, 15) is 9.00 Å². The standard InChI is InChI=1S/C9H17N2O3S3.Ac/c1-17(14)5-3-2-4-11-9(15)16-6-7(10)8(12)13;/h7,10H,2-6H2,1H3,(H,11,15)(H,12,13);/q-1;/t7-,17?;/m0./s1. The molecule has 0 rings (SSSR count). The van der Waals surface area contributed by atoms with Crippen LogP contribution in [0.2, 0.25) is 0 Å². The maximum Gasteiger partial charge on any atom is 0.286 e. The summed E-state index contributed by atoms with van der Waals surface area (Å²) in [7, 11) is -0.750. The first-order valence-corrected chi connectivity index (χ1v) is 8.20. The van der Waals surface area contributed by atoms with Crippen LogP contribution in [0, 0.1) is 44.1 Å². The zero-order valence-corrected chi connectivity index (χ0v) is 17.4. The summed E-state index contributed by atoms with van der Waals surface area (Å²) in [5, 5.41) is 11.5. The van der Waals surface area contributed by atoms with E-state index in [1.807, 2.05) is 0 Å². The zero-order chi connectivity index (χ0) is 13.3. The second-order valence-electron chi connectivity index (χ2n) is 3.40. The molecule has 1 unspecified atom stereocenters. The van der Waals surface area contributed by atoms with Crippen molar-refractivity contribution >= 4 is 45.1 Å². The van der Waals surface area contributed by atoms with E-state index in [4.69, 9.17) is 23.1 Å². The summed E-state index contributed by atoms with van der Waals surface area (Å²) in [4.78, 5) is 10.4. The van der Waals surface area contributed by atoms with E-state index in [0.29, 0.717) is 16.6 Å². The predicted octanol–water partition coefficient (Wildman–Crippen LogP) is 1.26. The minimum atomic E-state index is -1.14. The fourth-order valence-electron chi connectivity index (χ4n) is 0.902. The molecule has 0 heterocycles. The number of rotatable bonds is 8. The fourth-order valence-corrected chi connectivity index (χ4v) is 2.48. The molecular formula is C9H17AcN2O3S3-. The van der Waals surface area contributed by atoms with Crippen LogP contribution in [0.5, 0.6) is 0 Å². The van der Waals surface area contributed by atoms with Gasteiger partial charge in [-0.15, -0.1) is 0 Å². The Bertz CT molecular complexity index is 292. The van der Waals surface area contributed by atoms with Gasteiger partial charge in [0, 0.05) is 73.4 Å². The average molecular weight is 524 g/mol. The number of nitrogens with one attached hydrogen (secondary N) is 2. The maximum atomic E-state index is 10.8. The van der Waals surface area contributed by atoms with E-state index in [0.717, 1.165) is 12.8 Å². The van der Waals surface area contributed by atoms with E-state index in [2.05, 4.69) is 5.32 Å². The Morgan fingerprint density at radius 2 is 2.17 bits per heavy atom. The van der Waals surface area contributed by atoms with Crippen molar-refractivity contribution in [3.8, 4) is 0 Å². The van der Waals surface area contributed by atoms with E-state index < -0.39 is 22.8 Å². The van der Waals surface area contributed by atoms with Crippen molar-refractivity contribution in [3.05, 3.63) is 5.73 Å². The Hall–Kier alpha value is 1.26. The van der Waals surface area contributed by atoms with Gasteiger partial charge < -0.3 is 16.2 Å². The SMILES string of the molecule is CS(=O)CCCCNC(=S)SC[C@H]([NH-])C(=O)O.[Ac]. The van der Waals surface area contributed by atoms with Gasteiger partial charge in [-0.1, -0.05) is 24.0 Å². The molecule has 0 aromatic carbocycles. The first-order chi connectivity index (χ1) is 7.93. The summed E-state index contributed by atoms with van der Waals surface area (Å²) >= 11 is 6.14. The minimum absolute atomic E-state index is 0. The molecule has 0 amide bonds. The molecule has 103 valence electrons. The van der Waals surface area contributed by atoms with Gasteiger partial charge in [0.1, 0.15) is 4.32 Å². The van der Waals surface area contributed by atoms with Gasteiger partial charge in [0.25, 0.3) is 5.97 Å². The summed E-state index contributed by atoms with van der Waals surface area (Å²) in [5.41, 5.74) is 7.17. The molecule has 0 aliphatic rings. The number of unbranched alkanes of at least 4 members (excludes halogenated alkanes) is 1. The number of aliphatic carboxylic acids is 1. The first-order valence-electron chi connectivity index (χ1n) is 5.08. The molecule has 0 saturated heterocycles. The Balaban J connectivity index is 0. The largest absolute Gasteiger partial charge is 0.665 e. The van der Waals surface area contributed by atoms with Gasteiger partial charge in [-0.2, -0.15) is 0 Å². The molecule has 0 bridgehead atoms. The van der Waals surface area contributed by atoms with E-state index in [1.54, 1.807) is 6.26 Å². The summed E-state index contributed by atoms with van der Waals surface area (Å²) in [6.45, 7) is 0.693. The zero-order valence-electron chi connectivity index (χ0n) is 10.2. The smallest absolute Gasteiger partial charge is 0.286 e. The number of hydrogen-bond donors (Lipinski definition) is 2. The third-order valence-electron chi connectivity index (χ3n) is 1.81. The number of carboxylic acid groups (broad SMARTS) is 1. The van der Waals surface area contributed by atoms with Crippen LogP contribution < -0.4 is 5.32 Å². The van der Waals surface area contributed by atoms with Crippen molar-refractivity contribution in [1.82, 2.24) is 5.32 Å². The van der Waals surface area contributed by atoms with Crippen LogP contribution in [-0.2, 0) is 15.6 Å².